The zero-order valence-electron chi connectivity index (χ0n) is 5.76. The van der Waals surface area contributed by atoms with Gasteiger partial charge in [-0.1, -0.05) is 11.6 Å². The van der Waals surface area contributed by atoms with Gasteiger partial charge in [-0.3, -0.25) is 0 Å². The molecule has 0 aliphatic heterocycles. The number of alkyl halides is 2. The van der Waals surface area contributed by atoms with Gasteiger partial charge in [0.05, 0.1) is 5.02 Å². The second-order valence-electron chi connectivity index (χ2n) is 2.06. The molecule has 0 saturated heterocycles. The van der Waals surface area contributed by atoms with Gasteiger partial charge in [0, 0.05) is 6.07 Å². The molecule has 0 amide bonds. The molecule has 0 aliphatic carbocycles. The molecule has 0 aliphatic rings. The lowest BCUT2D eigenvalue weighted by Crippen LogP contribution is -1.97. The largest absolute Gasteiger partial charge is 0.504 e. The average molecular weight is 195 g/mol. The Morgan fingerprint density at radius 2 is 2.17 bits per heavy atom. The maximum absolute atomic E-state index is 12.1. The minimum Gasteiger partial charge on any atom is -0.504 e. The van der Waals surface area contributed by atoms with Crippen LogP contribution in [-0.2, 0) is 0 Å². The van der Waals surface area contributed by atoms with Crippen molar-refractivity contribution >= 4 is 17.4 Å². The van der Waals surface area contributed by atoms with Crippen LogP contribution in [0.3, 0.4) is 0 Å². The molecule has 66 valence electrons. The molecule has 1 heterocycles. The summed E-state index contributed by atoms with van der Waals surface area (Å²) in [5.74, 6) is -0.867. The molecule has 1 rings (SSSR count). The molecule has 0 saturated carbocycles. The van der Waals surface area contributed by atoms with E-state index in [4.69, 9.17) is 22.4 Å². The molecule has 0 radical (unpaired) electrons. The highest BCUT2D eigenvalue weighted by Gasteiger charge is 2.17. The zero-order chi connectivity index (χ0) is 9.30. The summed E-state index contributed by atoms with van der Waals surface area (Å²) in [6.45, 7) is 0. The molecule has 0 unspecified atom stereocenters. The molecule has 3 nitrogen and oxygen atoms in total. The first-order valence-corrected chi connectivity index (χ1v) is 3.33. The highest BCUT2D eigenvalue weighted by Crippen LogP contribution is 2.33. The van der Waals surface area contributed by atoms with E-state index in [1.165, 1.54) is 0 Å². The summed E-state index contributed by atoms with van der Waals surface area (Å²) in [5, 5.41) is 8.74. The van der Waals surface area contributed by atoms with E-state index in [0.29, 0.717) is 0 Å². The topological polar surface area (TPSA) is 59.1 Å². The Balaban J connectivity index is 3.28. The first kappa shape index (κ1) is 8.99. The zero-order valence-corrected chi connectivity index (χ0v) is 6.52. The van der Waals surface area contributed by atoms with E-state index in [0.717, 1.165) is 6.07 Å². The first-order valence-electron chi connectivity index (χ1n) is 2.95. The Bertz CT molecular complexity index is 306. The number of nitrogens with two attached hydrogens (primary N) is 1. The monoisotopic (exact) mass is 194 g/mol. The summed E-state index contributed by atoms with van der Waals surface area (Å²) in [5.41, 5.74) is 4.33. The molecule has 1 aromatic rings. The Morgan fingerprint density at radius 1 is 1.58 bits per heavy atom. The molecular formula is C6H5ClF2N2O. The van der Waals surface area contributed by atoms with E-state index in [1.54, 1.807) is 0 Å². The number of halogens is 3. The minimum atomic E-state index is -2.88. The van der Waals surface area contributed by atoms with Crippen molar-refractivity contribution in [1.82, 2.24) is 4.98 Å². The second kappa shape index (κ2) is 3.10. The van der Waals surface area contributed by atoms with Crippen LogP contribution in [0, 0.1) is 0 Å². The van der Waals surface area contributed by atoms with Gasteiger partial charge in [-0.2, -0.15) is 0 Å². The third kappa shape index (κ3) is 1.55. The van der Waals surface area contributed by atoms with Gasteiger partial charge in [-0.05, 0) is 0 Å². The van der Waals surface area contributed by atoms with Crippen LogP contribution in [-0.4, -0.2) is 10.1 Å². The van der Waals surface area contributed by atoms with E-state index >= 15 is 0 Å². The number of aromatic nitrogens is 1. The summed E-state index contributed by atoms with van der Waals surface area (Å²) in [6, 6.07) is 1.10. The van der Waals surface area contributed by atoms with E-state index < -0.39 is 17.9 Å². The maximum atomic E-state index is 12.1. The molecule has 0 fully saturated rings. The van der Waals surface area contributed by atoms with Gasteiger partial charge in [0.1, 0.15) is 5.82 Å². The molecule has 0 spiro atoms. The molecule has 1 aromatic heterocycles. The van der Waals surface area contributed by atoms with Crippen LogP contribution in [0.4, 0.5) is 14.6 Å². The third-order valence-corrected chi connectivity index (χ3v) is 1.49. The van der Waals surface area contributed by atoms with E-state index in [9.17, 15) is 8.78 Å². The quantitative estimate of drug-likeness (QED) is 0.719. The maximum Gasteiger partial charge on any atom is 0.284 e. The van der Waals surface area contributed by atoms with Crippen molar-refractivity contribution in [2.24, 2.45) is 0 Å². The third-order valence-electron chi connectivity index (χ3n) is 1.20. The number of nitrogen functional groups attached to an aromatic ring is 1. The van der Waals surface area contributed by atoms with Crippen LogP contribution in [0.1, 0.15) is 12.1 Å². The van der Waals surface area contributed by atoms with Gasteiger partial charge in [-0.25, -0.2) is 13.8 Å². The van der Waals surface area contributed by atoms with Gasteiger partial charge in [0.2, 0.25) is 0 Å². The fourth-order valence-corrected chi connectivity index (χ4v) is 0.906. The number of pyridine rings is 1. The molecule has 3 N–H and O–H groups in total. The summed E-state index contributed by atoms with van der Waals surface area (Å²) in [7, 11) is 0. The van der Waals surface area contributed by atoms with Crippen molar-refractivity contribution in [3.63, 3.8) is 0 Å². The van der Waals surface area contributed by atoms with Gasteiger partial charge in [0.15, 0.2) is 11.4 Å². The second-order valence-corrected chi connectivity index (χ2v) is 2.47. The van der Waals surface area contributed by atoms with Crippen LogP contribution < -0.4 is 5.73 Å². The highest BCUT2D eigenvalue weighted by atomic mass is 35.5. The smallest absolute Gasteiger partial charge is 0.284 e. The van der Waals surface area contributed by atoms with Gasteiger partial charge in [-0.15, -0.1) is 0 Å². The Hall–Kier alpha value is -1.10. The lowest BCUT2D eigenvalue weighted by atomic mass is 10.3. The van der Waals surface area contributed by atoms with Crippen LogP contribution >= 0.6 is 11.6 Å². The number of hydrogen-bond acceptors (Lipinski definition) is 3. The number of rotatable bonds is 1. The number of anilines is 1. The molecule has 0 atom stereocenters. The standard InChI is InChI=1S/C6H5ClF2N2O/c7-2-1-3(10)11-4(5(2)12)6(8)9/h1,6,12H,(H2,10,11). The lowest BCUT2D eigenvalue weighted by Gasteiger charge is -2.04. The first-order chi connectivity index (χ1) is 5.52. The Labute approximate surface area is 71.8 Å². The summed E-state index contributed by atoms with van der Waals surface area (Å²) < 4.78 is 24.1. The minimum absolute atomic E-state index is 0.145. The van der Waals surface area contributed by atoms with Crippen molar-refractivity contribution in [3.05, 3.63) is 16.8 Å². The van der Waals surface area contributed by atoms with Gasteiger partial charge >= 0.3 is 0 Å². The van der Waals surface area contributed by atoms with Crippen molar-refractivity contribution in [3.8, 4) is 5.75 Å². The molecule has 0 bridgehead atoms. The normalized spacial score (nSPS) is 10.7. The average Bonchev–Trinajstić information content (AvgIpc) is 1.96. The van der Waals surface area contributed by atoms with E-state index in [-0.39, 0.29) is 10.8 Å². The number of aromatic hydroxyl groups is 1. The number of hydrogen-bond donors (Lipinski definition) is 2. The van der Waals surface area contributed by atoms with Crippen LogP contribution in [0.5, 0.6) is 5.75 Å². The van der Waals surface area contributed by atoms with Crippen molar-refractivity contribution < 1.29 is 13.9 Å². The SMILES string of the molecule is Nc1cc(Cl)c(O)c(C(F)F)n1. The van der Waals surface area contributed by atoms with E-state index in [1.807, 2.05) is 0 Å². The predicted molar refractivity (Wildman–Crippen MR) is 40.3 cm³/mol. The fourth-order valence-electron chi connectivity index (χ4n) is 0.697. The van der Waals surface area contributed by atoms with Gasteiger partial charge < -0.3 is 10.8 Å². The lowest BCUT2D eigenvalue weighted by molar-refractivity contribution is 0.142. The Morgan fingerprint density at radius 3 is 2.67 bits per heavy atom. The number of nitrogens with zero attached hydrogens (tertiary/aromatic N) is 1. The van der Waals surface area contributed by atoms with Crippen LogP contribution in [0.2, 0.25) is 5.02 Å². The van der Waals surface area contributed by atoms with Crippen molar-refractivity contribution in [1.29, 1.82) is 0 Å². The fraction of sp³-hybridized carbons (Fsp3) is 0.167. The summed E-state index contributed by atoms with van der Waals surface area (Å²) in [6.07, 6.45) is -2.88. The van der Waals surface area contributed by atoms with Crippen LogP contribution in [0.15, 0.2) is 6.07 Å². The van der Waals surface area contributed by atoms with Gasteiger partial charge in [0.25, 0.3) is 6.43 Å². The summed E-state index contributed by atoms with van der Waals surface area (Å²) in [4.78, 5) is 3.23. The van der Waals surface area contributed by atoms with E-state index in [2.05, 4.69) is 4.98 Å². The van der Waals surface area contributed by atoms with Crippen molar-refractivity contribution in [2.45, 2.75) is 6.43 Å². The van der Waals surface area contributed by atoms with Crippen molar-refractivity contribution in [2.75, 3.05) is 5.73 Å². The molecule has 12 heavy (non-hydrogen) atoms. The molecule has 0 aromatic carbocycles. The highest BCUT2D eigenvalue weighted by molar-refractivity contribution is 6.32. The molecule has 6 heteroatoms. The predicted octanol–water partition coefficient (Wildman–Crippen LogP) is 1.96. The Kier molecular flexibility index (Phi) is 2.32. The van der Waals surface area contributed by atoms with Crippen LogP contribution in [0.25, 0.3) is 0 Å². The summed E-state index contributed by atoms with van der Waals surface area (Å²) >= 11 is 5.36. The molecular weight excluding hydrogens is 190 g/mol.